The zero-order chi connectivity index (χ0) is 10.8. The molecule has 0 bridgehead atoms. The summed E-state index contributed by atoms with van der Waals surface area (Å²) in [7, 11) is 1.68. The molecule has 1 unspecified atom stereocenters. The van der Waals surface area contributed by atoms with Gasteiger partial charge in [0.1, 0.15) is 5.75 Å². The van der Waals surface area contributed by atoms with Crippen LogP contribution in [0.2, 0.25) is 0 Å². The second kappa shape index (κ2) is 4.73. The third-order valence-electron chi connectivity index (χ3n) is 2.55. The number of benzene rings is 1. The Morgan fingerprint density at radius 2 is 2.33 bits per heavy atom. The van der Waals surface area contributed by atoms with E-state index in [0.717, 1.165) is 27.8 Å². The van der Waals surface area contributed by atoms with Gasteiger partial charge < -0.3 is 9.47 Å². The second-order valence-electron chi connectivity index (χ2n) is 3.43. The van der Waals surface area contributed by atoms with E-state index in [-0.39, 0.29) is 5.38 Å². The van der Waals surface area contributed by atoms with Gasteiger partial charge in [0, 0.05) is 10.0 Å². The molecule has 2 rings (SSSR count). The Bertz CT molecular complexity index is 368. The van der Waals surface area contributed by atoms with Crippen LogP contribution in [0.3, 0.4) is 0 Å². The van der Waals surface area contributed by atoms with Crippen LogP contribution < -0.4 is 4.74 Å². The molecule has 0 N–H and O–H groups in total. The second-order valence-corrected chi connectivity index (χ2v) is 4.82. The lowest BCUT2D eigenvalue weighted by Gasteiger charge is -2.15. The van der Waals surface area contributed by atoms with Crippen molar-refractivity contribution in [2.24, 2.45) is 0 Å². The summed E-state index contributed by atoms with van der Waals surface area (Å²) < 4.78 is 11.8. The number of alkyl halides is 1. The molecule has 1 heterocycles. The zero-order valence-electron chi connectivity index (χ0n) is 8.43. The van der Waals surface area contributed by atoms with E-state index in [1.807, 2.05) is 12.1 Å². The average molecular weight is 292 g/mol. The Hall–Kier alpha value is -0.250. The van der Waals surface area contributed by atoms with Crippen molar-refractivity contribution in [3.8, 4) is 5.75 Å². The molecule has 4 heteroatoms. The van der Waals surface area contributed by atoms with Gasteiger partial charge in [-0.25, -0.2) is 0 Å². The Labute approximate surface area is 103 Å². The molecule has 1 aromatic carbocycles. The molecule has 0 fully saturated rings. The van der Waals surface area contributed by atoms with E-state index in [1.165, 1.54) is 0 Å². The monoisotopic (exact) mass is 290 g/mol. The van der Waals surface area contributed by atoms with Gasteiger partial charge in [-0.05, 0) is 24.1 Å². The third kappa shape index (κ3) is 2.14. The third-order valence-corrected chi connectivity index (χ3v) is 3.59. The molecule has 0 saturated heterocycles. The van der Waals surface area contributed by atoms with Crippen molar-refractivity contribution in [1.29, 1.82) is 0 Å². The standard InChI is InChI=1S/C11H12BrClO2/c1-14-10-3-2-8(12)11-7(10)4-5-15-6-9(11)13/h2-3,9H,4-6H2,1H3. The first-order chi connectivity index (χ1) is 7.24. The molecule has 0 amide bonds. The number of methoxy groups -OCH3 is 1. The highest BCUT2D eigenvalue weighted by Gasteiger charge is 2.22. The van der Waals surface area contributed by atoms with Gasteiger partial charge in [-0.3, -0.25) is 0 Å². The molecule has 0 radical (unpaired) electrons. The van der Waals surface area contributed by atoms with Crippen molar-refractivity contribution in [2.45, 2.75) is 11.8 Å². The predicted octanol–water partition coefficient (Wildman–Crippen LogP) is 3.31. The van der Waals surface area contributed by atoms with Gasteiger partial charge in [0.2, 0.25) is 0 Å². The van der Waals surface area contributed by atoms with Gasteiger partial charge >= 0.3 is 0 Å². The van der Waals surface area contributed by atoms with Gasteiger partial charge in [-0.15, -0.1) is 11.6 Å². The lowest BCUT2D eigenvalue weighted by Crippen LogP contribution is -2.01. The van der Waals surface area contributed by atoms with E-state index in [4.69, 9.17) is 21.1 Å². The summed E-state index contributed by atoms with van der Waals surface area (Å²) >= 11 is 9.80. The van der Waals surface area contributed by atoms with E-state index in [2.05, 4.69) is 15.9 Å². The zero-order valence-corrected chi connectivity index (χ0v) is 10.8. The molecule has 15 heavy (non-hydrogen) atoms. The minimum absolute atomic E-state index is 0.105. The van der Waals surface area contributed by atoms with Crippen LogP contribution in [0.5, 0.6) is 5.75 Å². The van der Waals surface area contributed by atoms with Crippen molar-refractivity contribution in [3.63, 3.8) is 0 Å². The van der Waals surface area contributed by atoms with Crippen LogP contribution in [-0.2, 0) is 11.2 Å². The Morgan fingerprint density at radius 1 is 1.53 bits per heavy atom. The summed E-state index contributed by atoms with van der Waals surface area (Å²) in [5.41, 5.74) is 2.26. The first-order valence-corrected chi connectivity index (χ1v) is 6.04. The lowest BCUT2D eigenvalue weighted by atomic mass is 10.0. The number of fused-ring (bicyclic) bond motifs is 1. The van der Waals surface area contributed by atoms with Crippen molar-refractivity contribution in [2.75, 3.05) is 20.3 Å². The number of hydrogen-bond donors (Lipinski definition) is 0. The summed E-state index contributed by atoms with van der Waals surface area (Å²) in [6.07, 6.45) is 0.848. The maximum absolute atomic E-state index is 6.28. The van der Waals surface area contributed by atoms with E-state index in [1.54, 1.807) is 7.11 Å². The Kier molecular flexibility index (Phi) is 3.54. The maximum Gasteiger partial charge on any atom is 0.122 e. The molecule has 1 aromatic rings. The molecule has 0 saturated carbocycles. The van der Waals surface area contributed by atoms with E-state index >= 15 is 0 Å². The summed E-state index contributed by atoms with van der Waals surface area (Å²) in [4.78, 5) is 0. The Morgan fingerprint density at radius 3 is 3.07 bits per heavy atom. The molecule has 1 aliphatic heterocycles. The van der Waals surface area contributed by atoms with Gasteiger partial charge in [0.25, 0.3) is 0 Å². The van der Waals surface area contributed by atoms with Gasteiger partial charge in [0.15, 0.2) is 0 Å². The number of rotatable bonds is 1. The van der Waals surface area contributed by atoms with Crippen molar-refractivity contribution in [1.82, 2.24) is 0 Å². The molecule has 1 aliphatic rings. The van der Waals surface area contributed by atoms with E-state index < -0.39 is 0 Å². The topological polar surface area (TPSA) is 18.5 Å². The minimum Gasteiger partial charge on any atom is -0.496 e. The molecule has 82 valence electrons. The maximum atomic E-state index is 6.28. The highest BCUT2D eigenvalue weighted by molar-refractivity contribution is 9.10. The molecule has 0 aromatic heterocycles. The van der Waals surface area contributed by atoms with Crippen LogP contribution in [0.4, 0.5) is 0 Å². The molecule has 1 atom stereocenters. The average Bonchev–Trinajstić information content (AvgIpc) is 2.42. The molecule has 0 spiro atoms. The highest BCUT2D eigenvalue weighted by atomic mass is 79.9. The minimum atomic E-state index is -0.105. The van der Waals surface area contributed by atoms with Crippen molar-refractivity contribution in [3.05, 3.63) is 27.7 Å². The van der Waals surface area contributed by atoms with Crippen molar-refractivity contribution < 1.29 is 9.47 Å². The van der Waals surface area contributed by atoms with Crippen LogP contribution in [0.15, 0.2) is 16.6 Å². The van der Waals surface area contributed by atoms with Crippen LogP contribution in [-0.4, -0.2) is 20.3 Å². The number of ether oxygens (including phenoxy) is 2. The van der Waals surface area contributed by atoms with Gasteiger partial charge in [0.05, 0.1) is 25.7 Å². The summed E-state index contributed by atoms with van der Waals surface area (Å²) in [6, 6.07) is 3.93. The summed E-state index contributed by atoms with van der Waals surface area (Å²) in [6.45, 7) is 1.25. The van der Waals surface area contributed by atoms with Crippen LogP contribution in [0.25, 0.3) is 0 Å². The van der Waals surface area contributed by atoms with Crippen molar-refractivity contribution >= 4 is 27.5 Å². The first-order valence-electron chi connectivity index (χ1n) is 4.81. The van der Waals surface area contributed by atoms with Crippen LogP contribution >= 0.6 is 27.5 Å². The van der Waals surface area contributed by atoms with Crippen LogP contribution in [0, 0.1) is 0 Å². The SMILES string of the molecule is COc1ccc(Br)c2c1CCOCC2Cl. The highest BCUT2D eigenvalue weighted by Crippen LogP contribution is 2.38. The van der Waals surface area contributed by atoms with E-state index in [9.17, 15) is 0 Å². The normalized spacial score (nSPS) is 20.6. The lowest BCUT2D eigenvalue weighted by molar-refractivity contribution is 0.143. The van der Waals surface area contributed by atoms with Gasteiger partial charge in [-0.1, -0.05) is 15.9 Å². The fourth-order valence-electron chi connectivity index (χ4n) is 1.85. The summed E-state index contributed by atoms with van der Waals surface area (Å²) in [5.74, 6) is 0.893. The van der Waals surface area contributed by atoms with Crippen LogP contribution in [0.1, 0.15) is 16.5 Å². The fraction of sp³-hybridized carbons (Fsp3) is 0.455. The predicted molar refractivity (Wildman–Crippen MR) is 63.8 cm³/mol. The quantitative estimate of drug-likeness (QED) is 0.739. The molecular formula is C11H12BrClO2. The fourth-order valence-corrected chi connectivity index (χ4v) is 2.97. The molecule has 2 nitrogen and oxygen atoms in total. The number of hydrogen-bond acceptors (Lipinski definition) is 2. The summed E-state index contributed by atoms with van der Waals surface area (Å²) in [5, 5.41) is -0.105. The smallest absolute Gasteiger partial charge is 0.122 e. The molecular weight excluding hydrogens is 279 g/mol. The first kappa shape index (κ1) is 11.2. The molecule has 0 aliphatic carbocycles. The number of halogens is 2. The Balaban J connectivity index is 2.55. The van der Waals surface area contributed by atoms with Gasteiger partial charge in [-0.2, -0.15) is 0 Å². The largest absolute Gasteiger partial charge is 0.496 e. The van der Waals surface area contributed by atoms with E-state index in [0.29, 0.717) is 13.2 Å².